The van der Waals surface area contributed by atoms with E-state index in [-0.39, 0.29) is 18.5 Å². The van der Waals surface area contributed by atoms with Crippen LogP contribution in [0.15, 0.2) is 33.7 Å². The van der Waals surface area contributed by atoms with Gasteiger partial charge in [0.25, 0.3) is 5.89 Å². The number of thioether (sulfide) groups is 1. The Bertz CT molecular complexity index is 575. The summed E-state index contributed by atoms with van der Waals surface area (Å²) in [4.78, 5) is 5.23. The molecular weight excluding hydrogens is 266 g/mol. The van der Waals surface area contributed by atoms with Gasteiger partial charge in [-0.2, -0.15) is 4.98 Å². The van der Waals surface area contributed by atoms with Crippen LogP contribution in [0.1, 0.15) is 23.9 Å². The number of aliphatic hydroxyl groups excluding tert-OH is 1. The molecule has 0 bridgehead atoms. The van der Waals surface area contributed by atoms with Gasteiger partial charge in [0, 0.05) is 17.2 Å². The molecule has 1 unspecified atom stereocenters. The van der Waals surface area contributed by atoms with E-state index < -0.39 is 6.10 Å². The third kappa shape index (κ3) is 2.44. The van der Waals surface area contributed by atoms with E-state index in [1.54, 1.807) is 11.8 Å². The number of ether oxygens (including phenoxy) is 1. The van der Waals surface area contributed by atoms with E-state index in [0.29, 0.717) is 11.6 Å². The first-order chi connectivity index (χ1) is 9.28. The standard InChI is InChI=1S/C12H13N3O3S/c13-5-7(16)12-14-11(15-18-12)9-6-19-10-4-2-1-3-8(10)17-9/h1-4,7,9,16H,5-6,13H2/t7-,9?/m0/s1. The van der Waals surface area contributed by atoms with Crippen LogP contribution in [-0.4, -0.2) is 27.5 Å². The molecule has 2 aromatic rings. The number of rotatable bonds is 3. The molecule has 0 saturated heterocycles. The highest BCUT2D eigenvalue weighted by Gasteiger charge is 2.27. The Labute approximate surface area is 113 Å². The van der Waals surface area contributed by atoms with Crippen LogP contribution in [-0.2, 0) is 0 Å². The minimum Gasteiger partial charge on any atom is -0.480 e. The first-order valence-corrected chi connectivity index (χ1v) is 6.86. The number of para-hydroxylation sites is 1. The molecular formula is C12H13N3O3S. The van der Waals surface area contributed by atoms with Gasteiger partial charge in [0.15, 0.2) is 6.10 Å². The Hall–Kier alpha value is -1.57. The zero-order valence-electron chi connectivity index (χ0n) is 10.0. The molecule has 1 aromatic heterocycles. The Morgan fingerprint density at radius 3 is 3.16 bits per heavy atom. The van der Waals surface area contributed by atoms with Crippen molar-refractivity contribution in [1.82, 2.24) is 10.1 Å². The molecule has 0 aliphatic carbocycles. The van der Waals surface area contributed by atoms with Crippen LogP contribution in [0.4, 0.5) is 0 Å². The van der Waals surface area contributed by atoms with Crippen LogP contribution < -0.4 is 10.5 Å². The Balaban J connectivity index is 1.79. The van der Waals surface area contributed by atoms with Gasteiger partial charge in [-0.15, -0.1) is 11.8 Å². The lowest BCUT2D eigenvalue weighted by Crippen LogP contribution is -2.17. The molecule has 0 saturated carbocycles. The number of nitrogens with two attached hydrogens (primary N) is 1. The second-order valence-corrected chi connectivity index (χ2v) is 5.17. The number of nitrogens with zero attached hydrogens (tertiary/aromatic N) is 2. The predicted molar refractivity (Wildman–Crippen MR) is 68.8 cm³/mol. The van der Waals surface area contributed by atoms with Crippen molar-refractivity contribution in [1.29, 1.82) is 0 Å². The van der Waals surface area contributed by atoms with E-state index in [2.05, 4.69) is 10.1 Å². The van der Waals surface area contributed by atoms with Gasteiger partial charge in [-0.1, -0.05) is 17.3 Å². The summed E-state index contributed by atoms with van der Waals surface area (Å²) in [6, 6.07) is 7.81. The van der Waals surface area contributed by atoms with Crippen LogP contribution in [0.5, 0.6) is 5.75 Å². The molecule has 2 atom stereocenters. The number of aliphatic hydroxyl groups is 1. The molecule has 0 fully saturated rings. The summed E-state index contributed by atoms with van der Waals surface area (Å²) in [7, 11) is 0. The quantitative estimate of drug-likeness (QED) is 0.874. The average molecular weight is 279 g/mol. The summed E-state index contributed by atoms with van der Waals surface area (Å²) in [6.07, 6.45) is -1.20. The second kappa shape index (κ2) is 5.20. The van der Waals surface area contributed by atoms with Gasteiger partial charge in [0.1, 0.15) is 11.9 Å². The summed E-state index contributed by atoms with van der Waals surface area (Å²) in [5, 5.41) is 13.4. The fraction of sp³-hybridized carbons (Fsp3) is 0.333. The Kier molecular flexibility index (Phi) is 3.41. The first kappa shape index (κ1) is 12.5. The number of hydrogen-bond acceptors (Lipinski definition) is 7. The maximum atomic E-state index is 9.53. The zero-order valence-corrected chi connectivity index (χ0v) is 10.8. The van der Waals surface area contributed by atoms with Crippen LogP contribution in [0.2, 0.25) is 0 Å². The van der Waals surface area contributed by atoms with Gasteiger partial charge in [-0.3, -0.25) is 0 Å². The Morgan fingerprint density at radius 2 is 2.32 bits per heavy atom. The normalized spacial score (nSPS) is 19.6. The van der Waals surface area contributed by atoms with E-state index in [1.165, 1.54) is 0 Å². The second-order valence-electron chi connectivity index (χ2n) is 4.11. The van der Waals surface area contributed by atoms with Crippen molar-refractivity contribution in [2.45, 2.75) is 17.1 Å². The largest absolute Gasteiger partial charge is 0.480 e. The molecule has 2 heterocycles. The minimum atomic E-state index is -0.926. The van der Waals surface area contributed by atoms with Crippen molar-refractivity contribution in [2.75, 3.05) is 12.3 Å². The van der Waals surface area contributed by atoms with Gasteiger partial charge in [-0.05, 0) is 12.1 Å². The molecule has 1 aliphatic heterocycles. The summed E-state index contributed by atoms with van der Waals surface area (Å²) in [5.41, 5.74) is 5.34. The molecule has 1 aromatic carbocycles. The summed E-state index contributed by atoms with van der Waals surface area (Å²) < 4.78 is 10.8. The molecule has 19 heavy (non-hydrogen) atoms. The maximum Gasteiger partial charge on any atom is 0.256 e. The zero-order chi connectivity index (χ0) is 13.2. The van der Waals surface area contributed by atoms with E-state index in [4.69, 9.17) is 15.0 Å². The molecule has 7 heteroatoms. The lowest BCUT2D eigenvalue weighted by Gasteiger charge is -2.22. The number of hydrogen-bond donors (Lipinski definition) is 2. The summed E-state index contributed by atoms with van der Waals surface area (Å²) in [6.45, 7) is 0.0464. The highest BCUT2D eigenvalue weighted by molar-refractivity contribution is 7.99. The monoisotopic (exact) mass is 279 g/mol. The molecule has 0 spiro atoms. The van der Waals surface area contributed by atoms with E-state index in [1.807, 2.05) is 24.3 Å². The van der Waals surface area contributed by atoms with Gasteiger partial charge in [0.2, 0.25) is 5.82 Å². The van der Waals surface area contributed by atoms with Crippen LogP contribution in [0.3, 0.4) is 0 Å². The highest BCUT2D eigenvalue weighted by atomic mass is 32.2. The van der Waals surface area contributed by atoms with Gasteiger partial charge in [0.05, 0.1) is 0 Å². The topological polar surface area (TPSA) is 94.4 Å². The van der Waals surface area contributed by atoms with Crippen LogP contribution in [0.25, 0.3) is 0 Å². The van der Waals surface area contributed by atoms with Crippen molar-refractivity contribution in [3.05, 3.63) is 36.0 Å². The minimum absolute atomic E-state index is 0.0464. The number of fused-ring (bicyclic) bond motifs is 1. The fourth-order valence-electron chi connectivity index (χ4n) is 1.76. The van der Waals surface area contributed by atoms with Gasteiger partial charge < -0.3 is 20.1 Å². The predicted octanol–water partition coefficient (Wildman–Crippen LogP) is 1.29. The molecule has 3 rings (SSSR count). The SMILES string of the molecule is NC[C@H](O)c1nc(C2CSc3ccccc3O2)no1. The first-order valence-electron chi connectivity index (χ1n) is 5.88. The van der Waals surface area contributed by atoms with Gasteiger partial charge >= 0.3 is 0 Å². The maximum absolute atomic E-state index is 9.53. The highest BCUT2D eigenvalue weighted by Crippen LogP contribution is 2.39. The Morgan fingerprint density at radius 1 is 1.47 bits per heavy atom. The van der Waals surface area contributed by atoms with Crippen LogP contribution in [0, 0.1) is 0 Å². The van der Waals surface area contributed by atoms with Crippen molar-refractivity contribution < 1.29 is 14.4 Å². The van der Waals surface area contributed by atoms with E-state index in [9.17, 15) is 5.11 Å². The van der Waals surface area contributed by atoms with Crippen molar-refractivity contribution in [3.63, 3.8) is 0 Å². The third-order valence-electron chi connectivity index (χ3n) is 2.76. The van der Waals surface area contributed by atoms with Crippen molar-refractivity contribution in [3.8, 4) is 5.75 Å². The molecule has 0 amide bonds. The molecule has 6 nitrogen and oxygen atoms in total. The third-order valence-corrected chi connectivity index (χ3v) is 3.88. The molecule has 100 valence electrons. The molecule has 1 aliphatic rings. The average Bonchev–Trinajstić information content (AvgIpc) is 2.95. The number of aromatic nitrogens is 2. The number of benzene rings is 1. The molecule has 0 radical (unpaired) electrons. The summed E-state index contributed by atoms with van der Waals surface area (Å²) in [5.74, 6) is 2.08. The molecule has 3 N–H and O–H groups in total. The van der Waals surface area contributed by atoms with E-state index in [0.717, 1.165) is 10.6 Å². The lowest BCUT2D eigenvalue weighted by molar-refractivity contribution is 0.141. The summed E-state index contributed by atoms with van der Waals surface area (Å²) >= 11 is 1.68. The van der Waals surface area contributed by atoms with E-state index >= 15 is 0 Å². The van der Waals surface area contributed by atoms with Crippen molar-refractivity contribution >= 4 is 11.8 Å². The van der Waals surface area contributed by atoms with Crippen LogP contribution >= 0.6 is 11.8 Å². The fourth-order valence-corrected chi connectivity index (χ4v) is 2.74. The van der Waals surface area contributed by atoms with Gasteiger partial charge in [-0.25, -0.2) is 0 Å². The van der Waals surface area contributed by atoms with Crippen molar-refractivity contribution in [2.24, 2.45) is 5.73 Å². The lowest BCUT2D eigenvalue weighted by atomic mass is 10.3. The smallest absolute Gasteiger partial charge is 0.256 e.